The normalized spacial score (nSPS) is 27.2. The quantitative estimate of drug-likeness (QED) is 0.606. The van der Waals surface area contributed by atoms with Gasteiger partial charge < -0.3 is 14.6 Å². The van der Waals surface area contributed by atoms with Gasteiger partial charge in [0, 0.05) is 0 Å². The third-order valence-corrected chi connectivity index (χ3v) is 3.63. The van der Waals surface area contributed by atoms with Crippen LogP contribution < -0.4 is 0 Å². The summed E-state index contributed by atoms with van der Waals surface area (Å²) >= 11 is 0. The molecule has 1 aliphatic rings. The summed E-state index contributed by atoms with van der Waals surface area (Å²) in [5, 5.41) is 10.3. The van der Waals surface area contributed by atoms with Crippen molar-refractivity contribution >= 4 is 11.9 Å². The van der Waals surface area contributed by atoms with Crippen LogP contribution in [0, 0.1) is 5.92 Å². The van der Waals surface area contributed by atoms with Crippen molar-refractivity contribution in [2.24, 2.45) is 5.92 Å². The van der Waals surface area contributed by atoms with E-state index < -0.39 is 5.60 Å². The molecule has 19 heavy (non-hydrogen) atoms. The molecule has 0 aromatic heterocycles. The van der Waals surface area contributed by atoms with Crippen LogP contribution in [0.2, 0.25) is 0 Å². The molecule has 0 saturated heterocycles. The van der Waals surface area contributed by atoms with E-state index in [0.29, 0.717) is 32.1 Å². The summed E-state index contributed by atoms with van der Waals surface area (Å²) in [5.74, 6) is -0.578. The summed E-state index contributed by atoms with van der Waals surface area (Å²) in [5.41, 5.74) is -0.767. The van der Waals surface area contributed by atoms with Crippen molar-refractivity contribution < 1.29 is 24.2 Å². The largest absolute Gasteiger partial charge is 0.469 e. The first-order chi connectivity index (χ1) is 9.00. The average molecular weight is 270 g/mol. The molecule has 0 unspecified atom stereocenters. The van der Waals surface area contributed by atoms with Gasteiger partial charge >= 0.3 is 11.9 Å². The van der Waals surface area contributed by atoms with E-state index in [0.717, 1.165) is 0 Å². The molecule has 0 radical (unpaired) electrons. The third kappa shape index (κ3) is 5.03. The van der Waals surface area contributed by atoms with Gasteiger partial charge in [0.2, 0.25) is 0 Å². The van der Waals surface area contributed by atoms with Crippen molar-refractivity contribution in [1.29, 1.82) is 0 Å². The Morgan fingerprint density at radius 3 is 2.37 bits per heavy atom. The Kier molecular flexibility index (Phi) is 6.02. The molecule has 1 aliphatic carbocycles. The lowest BCUT2D eigenvalue weighted by Crippen LogP contribution is -2.35. The minimum Gasteiger partial charge on any atom is -0.469 e. The van der Waals surface area contributed by atoms with E-state index in [1.165, 1.54) is 14.2 Å². The molecule has 108 valence electrons. The van der Waals surface area contributed by atoms with Gasteiger partial charge in [-0.3, -0.25) is 9.59 Å². The first-order valence-corrected chi connectivity index (χ1v) is 6.53. The lowest BCUT2D eigenvalue weighted by molar-refractivity contribution is -0.148. The van der Waals surface area contributed by atoms with Gasteiger partial charge in [-0.15, -0.1) is 0 Å². The van der Waals surface area contributed by atoms with Crippen LogP contribution >= 0.6 is 0 Å². The minimum absolute atomic E-state index is 0.0932. The van der Waals surface area contributed by atoms with Crippen molar-refractivity contribution in [2.75, 3.05) is 14.2 Å². The van der Waals surface area contributed by atoms with E-state index in [1.807, 2.05) is 0 Å². The highest BCUT2D eigenvalue weighted by Crippen LogP contribution is 2.35. The summed E-state index contributed by atoms with van der Waals surface area (Å²) in [6.07, 6.45) is 6.67. The van der Waals surface area contributed by atoms with E-state index in [4.69, 9.17) is 4.74 Å². The summed E-state index contributed by atoms with van der Waals surface area (Å²) in [7, 11) is 2.73. The van der Waals surface area contributed by atoms with Crippen molar-refractivity contribution in [3.63, 3.8) is 0 Å². The molecule has 0 heterocycles. The Balaban J connectivity index is 2.35. The van der Waals surface area contributed by atoms with Gasteiger partial charge in [0.25, 0.3) is 0 Å². The molecule has 5 nitrogen and oxygen atoms in total. The molecule has 0 aromatic carbocycles. The zero-order chi connectivity index (χ0) is 14.3. The molecule has 0 bridgehead atoms. The smallest absolute Gasteiger partial charge is 0.309 e. The van der Waals surface area contributed by atoms with Gasteiger partial charge in [-0.05, 0) is 32.1 Å². The van der Waals surface area contributed by atoms with Crippen molar-refractivity contribution in [1.82, 2.24) is 0 Å². The number of carbonyl (C=O) groups excluding carboxylic acids is 2. The Morgan fingerprint density at radius 2 is 1.84 bits per heavy atom. The molecule has 1 fully saturated rings. The van der Waals surface area contributed by atoms with E-state index in [9.17, 15) is 14.7 Å². The molecule has 5 heteroatoms. The standard InChI is InChI=1S/C14H22O5/c1-18-12(15)5-3-4-8-14(17)9-6-11(7-10-14)13(16)19-2/h3-4,11,17H,5-10H2,1-2H3/b4-3+. The molecule has 0 amide bonds. The number of hydrogen-bond donors (Lipinski definition) is 1. The SMILES string of the molecule is COC(=O)C/C=C/CC1(O)CCC(C(=O)OC)CC1. The molecule has 1 N–H and O–H groups in total. The second-order valence-corrected chi connectivity index (χ2v) is 4.98. The van der Waals surface area contributed by atoms with Crippen molar-refractivity contribution in [2.45, 2.75) is 44.1 Å². The predicted octanol–water partition coefficient (Wildman–Crippen LogP) is 1.59. The topological polar surface area (TPSA) is 72.8 Å². The first-order valence-electron chi connectivity index (χ1n) is 6.53. The van der Waals surface area contributed by atoms with Gasteiger partial charge in [0.15, 0.2) is 0 Å². The number of aliphatic hydroxyl groups is 1. The Hall–Kier alpha value is -1.36. The van der Waals surface area contributed by atoms with E-state index in [2.05, 4.69) is 4.74 Å². The second kappa shape index (κ2) is 7.28. The monoisotopic (exact) mass is 270 g/mol. The molecule has 1 rings (SSSR count). The Labute approximate surface area is 113 Å². The van der Waals surface area contributed by atoms with Crippen LogP contribution in [0.1, 0.15) is 38.5 Å². The highest BCUT2D eigenvalue weighted by Gasteiger charge is 2.35. The maximum Gasteiger partial charge on any atom is 0.309 e. The Bertz CT molecular complexity index is 340. The number of methoxy groups -OCH3 is 2. The van der Waals surface area contributed by atoms with Crippen LogP contribution in [0.4, 0.5) is 0 Å². The van der Waals surface area contributed by atoms with Gasteiger partial charge in [0.05, 0.1) is 32.2 Å². The van der Waals surface area contributed by atoms with Crippen LogP contribution in [-0.2, 0) is 19.1 Å². The molecule has 0 aromatic rings. The maximum atomic E-state index is 11.4. The fraction of sp³-hybridized carbons (Fsp3) is 0.714. The van der Waals surface area contributed by atoms with Gasteiger partial charge in [0.1, 0.15) is 0 Å². The van der Waals surface area contributed by atoms with E-state index in [1.54, 1.807) is 12.2 Å². The van der Waals surface area contributed by atoms with Crippen LogP contribution in [0.25, 0.3) is 0 Å². The molecule has 0 aliphatic heterocycles. The van der Waals surface area contributed by atoms with Gasteiger partial charge in [-0.25, -0.2) is 0 Å². The van der Waals surface area contributed by atoms with E-state index in [-0.39, 0.29) is 24.3 Å². The highest BCUT2D eigenvalue weighted by molar-refractivity contribution is 5.72. The molecular formula is C14H22O5. The fourth-order valence-corrected chi connectivity index (χ4v) is 2.33. The number of rotatable bonds is 5. The maximum absolute atomic E-state index is 11.4. The van der Waals surface area contributed by atoms with Gasteiger partial charge in [-0.1, -0.05) is 12.2 Å². The first kappa shape index (κ1) is 15.7. The lowest BCUT2D eigenvalue weighted by Gasteiger charge is -2.34. The third-order valence-electron chi connectivity index (χ3n) is 3.63. The van der Waals surface area contributed by atoms with Crippen LogP contribution in [0.15, 0.2) is 12.2 Å². The fourth-order valence-electron chi connectivity index (χ4n) is 2.33. The molecule has 0 spiro atoms. The van der Waals surface area contributed by atoms with Crippen molar-refractivity contribution in [3.05, 3.63) is 12.2 Å². The lowest BCUT2D eigenvalue weighted by atomic mass is 9.77. The van der Waals surface area contributed by atoms with Crippen LogP contribution in [0.3, 0.4) is 0 Å². The zero-order valence-electron chi connectivity index (χ0n) is 11.6. The number of hydrogen-bond acceptors (Lipinski definition) is 5. The van der Waals surface area contributed by atoms with Crippen molar-refractivity contribution in [3.8, 4) is 0 Å². The van der Waals surface area contributed by atoms with Crippen LogP contribution in [0.5, 0.6) is 0 Å². The van der Waals surface area contributed by atoms with Crippen LogP contribution in [-0.4, -0.2) is 36.9 Å². The highest BCUT2D eigenvalue weighted by atomic mass is 16.5. The summed E-state index contributed by atoms with van der Waals surface area (Å²) in [6.45, 7) is 0. The number of ether oxygens (including phenoxy) is 2. The number of carbonyl (C=O) groups is 2. The molecule has 1 saturated carbocycles. The summed E-state index contributed by atoms with van der Waals surface area (Å²) < 4.78 is 9.23. The molecular weight excluding hydrogens is 248 g/mol. The van der Waals surface area contributed by atoms with Gasteiger partial charge in [-0.2, -0.15) is 0 Å². The minimum atomic E-state index is -0.767. The predicted molar refractivity (Wildman–Crippen MR) is 69.3 cm³/mol. The summed E-state index contributed by atoms with van der Waals surface area (Å²) in [4.78, 5) is 22.3. The van der Waals surface area contributed by atoms with E-state index >= 15 is 0 Å². The Morgan fingerprint density at radius 1 is 1.21 bits per heavy atom. The average Bonchev–Trinajstić information content (AvgIpc) is 2.43. The zero-order valence-corrected chi connectivity index (χ0v) is 11.6. The molecule has 0 atom stereocenters. The summed E-state index contributed by atoms with van der Waals surface area (Å²) in [6, 6.07) is 0. The second-order valence-electron chi connectivity index (χ2n) is 4.98. The number of esters is 2.